The van der Waals surface area contributed by atoms with E-state index in [0.717, 1.165) is 19.7 Å². The number of methoxy groups -OCH3 is 1. The van der Waals surface area contributed by atoms with E-state index < -0.39 is 0 Å². The molecular formula is C16H35NO. The van der Waals surface area contributed by atoms with Crippen molar-refractivity contribution in [3.05, 3.63) is 0 Å². The number of ether oxygens (including phenoxy) is 1. The number of hydrogen-bond donors (Lipinski definition) is 1. The molecule has 18 heavy (non-hydrogen) atoms. The van der Waals surface area contributed by atoms with Gasteiger partial charge in [0.2, 0.25) is 0 Å². The average molecular weight is 257 g/mol. The molecule has 0 rings (SSSR count). The molecular weight excluding hydrogens is 222 g/mol. The molecule has 0 saturated carbocycles. The first kappa shape index (κ1) is 17.9. The van der Waals surface area contributed by atoms with Crippen molar-refractivity contribution in [2.75, 3.05) is 26.8 Å². The Hall–Kier alpha value is -0.0800. The quantitative estimate of drug-likeness (QED) is 0.494. The lowest BCUT2D eigenvalue weighted by Gasteiger charge is -2.32. The van der Waals surface area contributed by atoms with Crippen LogP contribution in [0.5, 0.6) is 0 Å². The van der Waals surface area contributed by atoms with E-state index in [1.807, 2.05) is 7.11 Å². The van der Waals surface area contributed by atoms with E-state index in [9.17, 15) is 0 Å². The van der Waals surface area contributed by atoms with Crippen LogP contribution in [0.15, 0.2) is 0 Å². The zero-order chi connectivity index (χ0) is 13.7. The van der Waals surface area contributed by atoms with Crippen LogP contribution in [-0.2, 0) is 4.74 Å². The van der Waals surface area contributed by atoms with Gasteiger partial charge >= 0.3 is 0 Å². The van der Waals surface area contributed by atoms with Crippen LogP contribution in [0.25, 0.3) is 0 Å². The molecule has 0 heterocycles. The second kappa shape index (κ2) is 12.0. The molecule has 0 fully saturated rings. The maximum absolute atomic E-state index is 5.45. The fourth-order valence-corrected chi connectivity index (χ4v) is 2.59. The first-order valence-electron chi connectivity index (χ1n) is 7.94. The Morgan fingerprint density at radius 2 is 1.61 bits per heavy atom. The SMILES string of the molecule is CCCCCCCCC(CC)(CNCC)COC. The first-order chi connectivity index (χ1) is 8.74. The van der Waals surface area contributed by atoms with Gasteiger partial charge in [0.25, 0.3) is 0 Å². The van der Waals surface area contributed by atoms with Gasteiger partial charge in [-0.1, -0.05) is 59.3 Å². The Labute approximate surface area is 115 Å². The van der Waals surface area contributed by atoms with E-state index in [1.54, 1.807) is 0 Å². The largest absolute Gasteiger partial charge is 0.384 e. The average Bonchev–Trinajstić information content (AvgIpc) is 2.40. The number of rotatable bonds is 13. The van der Waals surface area contributed by atoms with Gasteiger partial charge < -0.3 is 10.1 Å². The van der Waals surface area contributed by atoms with Crippen molar-refractivity contribution in [2.45, 2.75) is 72.1 Å². The van der Waals surface area contributed by atoms with E-state index in [0.29, 0.717) is 5.41 Å². The molecule has 0 aromatic carbocycles. The summed E-state index contributed by atoms with van der Waals surface area (Å²) in [5.41, 5.74) is 0.357. The molecule has 110 valence electrons. The third-order valence-electron chi connectivity index (χ3n) is 4.01. The van der Waals surface area contributed by atoms with Gasteiger partial charge in [0.15, 0.2) is 0 Å². The van der Waals surface area contributed by atoms with Crippen LogP contribution in [-0.4, -0.2) is 26.8 Å². The molecule has 0 amide bonds. The molecule has 2 heteroatoms. The Morgan fingerprint density at radius 1 is 0.944 bits per heavy atom. The molecule has 0 saturated heterocycles. The molecule has 0 spiro atoms. The molecule has 0 aromatic rings. The Balaban J connectivity index is 3.91. The van der Waals surface area contributed by atoms with E-state index >= 15 is 0 Å². The number of hydrogen-bond acceptors (Lipinski definition) is 2. The summed E-state index contributed by atoms with van der Waals surface area (Å²) in [6.45, 7) is 9.80. The topological polar surface area (TPSA) is 21.3 Å². The first-order valence-corrected chi connectivity index (χ1v) is 7.94. The van der Waals surface area contributed by atoms with Gasteiger partial charge in [-0.25, -0.2) is 0 Å². The normalized spacial score (nSPS) is 14.7. The van der Waals surface area contributed by atoms with Crippen LogP contribution in [0.1, 0.15) is 72.1 Å². The summed E-state index contributed by atoms with van der Waals surface area (Å²) in [4.78, 5) is 0. The Bertz CT molecular complexity index is 172. The third kappa shape index (κ3) is 8.10. The highest BCUT2D eigenvalue weighted by Gasteiger charge is 2.26. The zero-order valence-electron chi connectivity index (χ0n) is 13.2. The molecule has 1 N–H and O–H groups in total. The fourth-order valence-electron chi connectivity index (χ4n) is 2.59. The lowest BCUT2D eigenvalue weighted by atomic mass is 9.80. The zero-order valence-corrected chi connectivity index (χ0v) is 13.2. The maximum atomic E-state index is 5.45. The van der Waals surface area contributed by atoms with E-state index in [-0.39, 0.29) is 0 Å². The van der Waals surface area contributed by atoms with Crippen LogP contribution < -0.4 is 5.32 Å². The van der Waals surface area contributed by atoms with Crippen molar-refractivity contribution < 1.29 is 4.74 Å². The molecule has 1 atom stereocenters. The van der Waals surface area contributed by atoms with Gasteiger partial charge in [0.05, 0.1) is 6.61 Å². The highest BCUT2D eigenvalue weighted by atomic mass is 16.5. The van der Waals surface area contributed by atoms with Crippen LogP contribution >= 0.6 is 0 Å². The minimum Gasteiger partial charge on any atom is -0.384 e. The maximum Gasteiger partial charge on any atom is 0.0530 e. The summed E-state index contributed by atoms with van der Waals surface area (Å²) in [6, 6.07) is 0. The standard InChI is InChI=1S/C16H35NO/c1-5-8-9-10-11-12-13-16(6-2,15-18-4)14-17-7-3/h17H,5-15H2,1-4H3. The van der Waals surface area contributed by atoms with E-state index in [1.165, 1.54) is 51.4 Å². The van der Waals surface area contributed by atoms with Crippen LogP contribution in [0, 0.1) is 5.41 Å². The van der Waals surface area contributed by atoms with Crippen molar-refractivity contribution in [3.8, 4) is 0 Å². The minimum absolute atomic E-state index is 0.357. The molecule has 1 unspecified atom stereocenters. The van der Waals surface area contributed by atoms with Crippen molar-refractivity contribution in [1.29, 1.82) is 0 Å². The van der Waals surface area contributed by atoms with Gasteiger partial charge in [-0.15, -0.1) is 0 Å². The van der Waals surface area contributed by atoms with Crippen LogP contribution in [0.4, 0.5) is 0 Å². The van der Waals surface area contributed by atoms with Crippen molar-refractivity contribution in [3.63, 3.8) is 0 Å². The summed E-state index contributed by atoms with van der Waals surface area (Å²) >= 11 is 0. The third-order valence-corrected chi connectivity index (χ3v) is 4.01. The molecule has 0 aliphatic heterocycles. The lowest BCUT2D eigenvalue weighted by Crippen LogP contribution is -2.37. The molecule has 0 aromatic heterocycles. The highest BCUT2D eigenvalue weighted by molar-refractivity contribution is 4.80. The van der Waals surface area contributed by atoms with Crippen molar-refractivity contribution in [2.24, 2.45) is 5.41 Å². The smallest absolute Gasteiger partial charge is 0.0530 e. The fraction of sp³-hybridized carbons (Fsp3) is 1.00. The van der Waals surface area contributed by atoms with Crippen LogP contribution in [0.3, 0.4) is 0 Å². The van der Waals surface area contributed by atoms with Gasteiger partial charge in [-0.05, 0) is 19.4 Å². The summed E-state index contributed by atoms with van der Waals surface area (Å²) < 4.78 is 5.45. The van der Waals surface area contributed by atoms with Gasteiger partial charge in [-0.3, -0.25) is 0 Å². The van der Waals surface area contributed by atoms with Gasteiger partial charge in [-0.2, -0.15) is 0 Å². The summed E-state index contributed by atoms with van der Waals surface area (Å²) in [5.74, 6) is 0. The Morgan fingerprint density at radius 3 is 2.17 bits per heavy atom. The van der Waals surface area contributed by atoms with Crippen LogP contribution in [0.2, 0.25) is 0 Å². The predicted octanol–water partition coefficient (Wildman–Crippen LogP) is 4.39. The Kier molecular flexibility index (Phi) is 11.9. The predicted molar refractivity (Wildman–Crippen MR) is 81.1 cm³/mol. The molecule has 0 radical (unpaired) electrons. The summed E-state index contributed by atoms with van der Waals surface area (Å²) in [6.07, 6.45) is 10.8. The summed E-state index contributed by atoms with van der Waals surface area (Å²) in [5, 5.41) is 3.51. The number of unbranched alkanes of at least 4 members (excludes halogenated alkanes) is 5. The molecule has 0 aliphatic rings. The van der Waals surface area contributed by atoms with E-state index in [4.69, 9.17) is 4.74 Å². The summed E-state index contributed by atoms with van der Waals surface area (Å²) in [7, 11) is 1.83. The molecule has 0 aliphatic carbocycles. The molecule has 2 nitrogen and oxygen atoms in total. The van der Waals surface area contributed by atoms with Gasteiger partial charge in [0.1, 0.15) is 0 Å². The second-order valence-electron chi connectivity index (χ2n) is 5.58. The molecule has 0 bridgehead atoms. The van der Waals surface area contributed by atoms with Gasteiger partial charge in [0, 0.05) is 19.1 Å². The minimum atomic E-state index is 0.357. The second-order valence-corrected chi connectivity index (χ2v) is 5.58. The highest BCUT2D eigenvalue weighted by Crippen LogP contribution is 2.29. The monoisotopic (exact) mass is 257 g/mol. The lowest BCUT2D eigenvalue weighted by molar-refractivity contribution is 0.0661. The van der Waals surface area contributed by atoms with Crippen molar-refractivity contribution >= 4 is 0 Å². The van der Waals surface area contributed by atoms with Crippen molar-refractivity contribution in [1.82, 2.24) is 5.32 Å². The van der Waals surface area contributed by atoms with E-state index in [2.05, 4.69) is 26.1 Å². The number of nitrogens with one attached hydrogen (secondary N) is 1.